The van der Waals surface area contributed by atoms with E-state index in [1.165, 1.54) is 0 Å². The van der Waals surface area contributed by atoms with Crippen LogP contribution >= 0.6 is 11.6 Å². The molecule has 0 saturated heterocycles. The number of aliphatic carboxylic acids is 1. The van der Waals surface area contributed by atoms with Crippen LogP contribution in [0.1, 0.15) is 61.4 Å². The van der Waals surface area contributed by atoms with E-state index in [0.717, 1.165) is 16.8 Å². The largest absolute Gasteiger partial charge is 0.494 e. The quantitative estimate of drug-likeness (QED) is 0.394. The number of carbonyl (C=O) groups excluding carboxylic acids is 1. The molecular weight excluding hydrogens is 482 g/mol. The Bertz CT molecular complexity index is 1290. The predicted molar refractivity (Wildman–Crippen MR) is 136 cm³/mol. The van der Waals surface area contributed by atoms with E-state index in [9.17, 15) is 9.59 Å². The average molecular weight is 510 g/mol. The molecule has 0 aliphatic carbocycles. The molecule has 10 heteroatoms. The van der Waals surface area contributed by atoms with E-state index in [4.69, 9.17) is 26.4 Å². The van der Waals surface area contributed by atoms with Crippen LogP contribution in [0.25, 0.3) is 5.69 Å². The number of hydrogen-bond donors (Lipinski definition) is 2. The molecule has 1 aromatic heterocycles. The Morgan fingerprint density at radius 3 is 2.64 bits per heavy atom. The highest BCUT2D eigenvalue weighted by Gasteiger charge is 2.30. The van der Waals surface area contributed by atoms with Crippen molar-refractivity contribution in [1.29, 1.82) is 0 Å². The Balaban J connectivity index is 1.77. The molecule has 3 aromatic rings. The number of ether oxygens (including phenoxy) is 1. The molecule has 0 spiro atoms. The zero-order valence-corrected chi connectivity index (χ0v) is 21.0. The van der Waals surface area contributed by atoms with Gasteiger partial charge in [-0.15, -0.1) is 10.2 Å². The van der Waals surface area contributed by atoms with E-state index in [1.54, 1.807) is 12.1 Å². The summed E-state index contributed by atoms with van der Waals surface area (Å²) in [7, 11) is 0. The van der Waals surface area contributed by atoms with E-state index >= 15 is 0 Å². The molecule has 1 aliphatic rings. The van der Waals surface area contributed by atoms with Crippen molar-refractivity contribution in [2.75, 3.05) is 13.2 Å². The van der Waals surface area contributed by atoms with E-state index in [0.29, 0.717) is 54.1 Å². The summed E-state index contributed by atoms with van der Waals surface area (Å²) in [6, 6.07) is 12.6. The molecule has 9 nitrogen and oxygen atoms in total. The van der Waals surface area contributed by atoms with Crippen LogP contribution in [0.2, 0.25) is 5.02 Å². The number of nitrogens with zero attached hydrogens (tertiary/aromatic N) is 4. The molecule has 0 bridgehead atoms. The summed E-state index contributed by atoms with van der Waals surface area (Å²) < 4.78 is 7.88. The number of unbranched alkanes of at least 4 members (excludes halogenated alkanes) is 1. The highest BCUT2D eigenvalue weighted by atomic mass is 35.5. The summed E-state index contributed by atoms with van der Waals surface area (Å²) in [6.07, 6.45) is 1.42. The first kappa shape index (κ1) is 25.4. The van der Waals surface area contributed by atoms with Crippen molar-refractivity contribution in [3.05, 3.63) is 70.3 Å². The summed E-state index contributed by atoms with van der Waals surface area (Å²) in [5.41, 5.74) is 3.18. The number of carbonyl (C=O) groups is 2. The van der Waals surface area contributed by atoms with Gasteiger partial charge in [-0.05, 0) is 57.0 Å². The smallest absolute Gasteiger partial charge is 0.303 e. The third-order valence-electron chi connectivity index (χ3n) is 5.82. The molecule has 1 atom stereocenters. The number of nitrogens with one attached hydrogen (secondary N) is 1. The lowest BCUT2D eigenvalue weighted by Gasteiger charge is -2.15. The first-order valence-corrected chi connectivity index (χ1v) is 12.3. The maximum atomic E-state index is 12.6. The normalized spacial score (nSPS) is 14.3. The Kier molecular flexibility index (Phi) is 8.00. The lowest BCUT2D eigenvalue weighted by molar-refractivity contribution is -0.137. The first-order chi connectivity index (χ1) is 17.4. The fourth-order valence-electron chi connectivity index (χ4n) is 4.15. The summed E-state index contributed by atoms with van der Waals surface area (Å²) in [5.74, 6) is 0.977. The van der Waals surface area contributed by atoms with Gasteiger partial charge < -0.3 is 15.2 Å². The van der Waals surface area contributed by atoms with Crippen molar-refractivity contribution in [2.24, 2.45) is 4.99 Å². The Morgan fingerprint density at radius 1 is 1.14 bits per heavy atom. The number of aliphatic imine (C=N–C) groups is 1. The third-order valence-corrected chi connectivity index (χ3v) is 6.07. The SMILES string of the molecule is CCNC(=O)C[C@@H]1N=C(c2ccc(Cl)cc2)c2cc(OCCCCC(=O)O)ccc2-n2c(C)nnc21. The van der Waals surface area contributed by atoms with Gasteiger partial charge in [-0.2, -0.15) is 0 Å². The van der Waals surface area contributed by atoms with E-state index in [1.807, 2.05) is 48.7 Å². The summed E-state index contributed by atoms with van der Waals surface area (Å²) in [5, 5.41) is 20.9. The maximum absolute atomic E-state index is 12.6. The summed E-state index contributed by atoms with van der Waals surface area (Å²) >= 11 is 6.15. The molecule has 1 amide bonds. The lowest BCUT2D eigenvalue weighted by atomic mass is 10.00. The highest BCUT2D eigenvalue weighted by molar-refractivity contribution is 6.30. The minimum absolute atomic E-state index is 0.115. The summed E-state index contributed by atoms with van der Waals surface area (Å²) in [6.45, 7) is 4.66. The number of aryl methyl sites for hydroxylation is 1. The van der Waals surface area contributed by atoms with Crippen LogP contribution < -0.4 is 10.1 Å². The van der Waals surface area contributed by atoms with E-state index < -0.39 is 12.0 Å². The molecule has 2 aromatic carbocycles. The molecule has 0 radical (unpaired) electrons. The van der Waals surface area contributed by atoms with Gasteiger partial charge >= 0.3 is 5.97 Å². The molecular formula is C26H28ClN5O4. The second-order valence-electron chi connectivity index (χ2n) is 8.48. The molecule has 4 rings (SSSR count). The highest BCUT2D eigenvalue weighted by Crippen LogP contribution is 2.34. The fourth-order valence-corrected chi connectivity index (χ4v) is 4.28. The van der Waals surface area contributed by atoms with Crippen LogP contribution in [0.5, 0.6) is 5.75 Å². The van der Waals surface area contributed by atoms with Crippen LogP contribution in [0.15, 0.2) is 47.5 Å². The first-order valence-electron chi connectivity index (χ1n) is 11.9. The van der Waals surface area contributed by atoms with Crippen molar-refractivity contribution in [3.63, 3.8) is 0 Å². The number of fused-ring (bicyclic) bond motifs is 3. The lowest BCUT2D eigenvalue weighted by Crippen LogP contribution is -2.25. The van der Waals surface area contributed by atoms with Gasteiger partial charge in [0, 0.05) is 29.1 Å². The van der Waals surface area contributed by atoms with Crippen LogP contribution in [-0.2, 0) is 9.59 Å². The molecule has 36 heavy (non-hydrogen) atoms. The van der Waals surface area contributed by atoms with E-state index in [-0.39, 0.29) is 18.7 Å². The number of aromatic nitrogens is 3. The summed E-state index contributed by atoms with van der Waals surface area (Å²) in [4.78, 5) is 28.3. The standard InChI is InChI=1S/C26H28ClN5O4/c1-3-28-23(33)15-21-26-31-30-16(2)32(26)22-12-11-19(36-13-5-4-6-24(34)35)14-20(22)25(29-21)17-7-9-18(27)10-8-17/h7-12,14,21H,3-6,13,15H2,1-2H3,(H,28,33)(H,34,35)/t21-/m0/s1. The predicted octanol–water partition coefficient (Wildman–Crippen LogP) is 4.28. The van der Waals surface area contributed by atoms with Crippen LogP contribution in [0.3, 0.4) is 0 Å². The van der Waals surface area contributed by atoms with Crippen LogP contribution in [0, 0.1) is 6.92 Å². The molecule has 188 valence electrons. The van der Waals surface area contributed by atoms with Gasteiger partial charge in [-0.1, -0.05) is 23.7 Å². The fraction of sp³-hybridized carbons (Fsp3) is 0.346. The zero-order valence-electron chi connectivity index (χ0n) is 20.2. The Morgan fingerprint density at radius 2 is 1.92 bits per heavy atom. The number of rotatable bonds is 10. The van der Waals surface area contributed by atoms with Crippen LogP contribution in [0.4, 0.5) is 0 Å². The maximum Gasteiger partial charge on any atom is 0.303 e. The number of carboxylic acid groups (broad SMARTS) is 1. The van der Waals surface area contributed by atoms with Gasteiger partial charge in [0.15, 0.2) is 5.82 Å². The second kappa shape index (κ2) is 11.3. The number of carboxylic acids is 1. The molecule has 0 fully saturated rings. The van der Waals surface area contributed by atoms with Gasteiger partial charge in [0.05, 0.1) is 24.4 Å². The van der Waals surface area contributed by atoms with Crippen molar-refractivity contribution in [1.82, 2.24) is 20.1 Å². The number of halogens is 1. The van der Waals surface area contributed by atoms with Crippen molar-refractivity contribution in [3.8, 4) is 11.4 Å². The zero-order chi connectivity index (χ0) is 25.7. The third kappa shape index (κ3) is 5.73. The van der Waals surface area contributed by atoms with Gasteiger partial charge in [0.2, 0.25) is 5.91 Å². The number of hydrogen-bond acceptors (Lipinski definition) is 6. The van der Waals surface area contributed by atoms with Gasteiger partial charge in [-0.3, -0.25) is 19.1 Å². The van der Waals surface area contributed by atoms with Crippen molar-refractivity contribution < 1.29 is 19.4 Å². The minimum Gasteiger partial charge on any atom is -0.494 e. The van der Waals surface area contributed by atoms with Gasteiger partial charge in [0.1, 0.15) is 17.6 Å². The van der Waals surface area contributed by atoms with Crippen molar-refractivity contribution >= 4 is 29.2 Å². The Hall–Kier alpha value is -3.72. The van der Waals surface area contributed by atoms with E-state index in [2.05, 4.69) is 15.5 Å². The molecule has 2 N–H and O–H groups in total. The molecule has 0 unspecified atom stereocenters. The van der Waals surface area contributed by atoms with Gasteiger partial charge in [0.25, 0.3) is 0 Å². The minimum atomic E-state index is -0.814. The van der Waals surface area contributed by atoms with Crippen molar-refractivity contribution in [2.45, 2.75) is 45.6 Å². The number of amides is 1. The number of benzene rings is 2. The average Bonchev–Trinajstić information content (AvgIpc) is 3.17. The van der Waals surface area contributed by atoms with Crippen LogP contribution in [-0.4, -0.2) is 50.6 Å². The Labute approximate surface area is 214 Å². The topological polar surface area (TPSA) is 119 Å². The molecule has 2 heterocycles. The second-order valence-corrected chi connectivity index (χ2v) is 8.91. The molecule has 0 saturated carbocycles. The monoisotopic (exact) mass is 509 g/mol. The molecule has 1 aliphatic heterocycles. The van der Waals surface area contributed by atoms with Gasteiger partial charge in [-0.25, -0.2) is 0 Å².